The van der Waals surface area contributed by atoms with E-state index >= 15 is 0 Å². The van der Waals surface area contributed by atoms with Crippen molar-refractivity contribution in [2.45, 2.75) is 13.1 Å². The molecule has 2 aromatic rings. The van der Waals surface area contributed by atoms with Crippen LogP contribution in [-0.4, -0.2) is 32.4 Å². The molecule has 0 atom stereocenters. The molecular formula is C18H22N2O4. The molecular weight excluding hydrogens is 308 g/mol. The summed E-state index contributed by atoms with van der Waals surface area (Å²) in [6, 6.07) is 15.2. The Morgan fingerprint density at radius 2 is 1.38 bits per heavy atom. The first-order chi connectivity index (χ1) is 11.7. The van der Waals surface area contributed by atoms with E-state index in [9.17, 15) is 4.79 Å². The lowest BCUT2D eigenvalue weighted by molar-refractivity contribution is 0.0955. The van der Waals surface area contributed by atoms with Gasteiger partial charge in [-0.3, -0.25) is 0 Å². The minimum Gasteiger partial charge on any atom is -0.497 e. The van der Waals surface area contributed by atoms with Crippen LogP contribution in [-0.2, 0) is 17.8 Å². The van der Waals surface area contributed by atoms with Gasteiger partial charge in [-0.1, -0.05) is 24.3 Å². The van der Waals surface area contributed by atoms with Gasteiger partial charge < -0.3 is 14.2 Å². The van der Waals surface area contributed by atoms with Gasteiger partial charge in [-0.2, -0.15) is 0 Å². The Balaban J connectivity index is 2.00. The van der Waals surface area contributed by atoms with Crippen LogP contribution in [0.4, 0.5) is 4.79 Å². The summed E-state index contributed by atoms with van der Waals surface area (Å²) in [5.41, 5.74) is 5.08. The number of carbonyl (C=O) groups excluding carboxylic acids is 1. The van der Waals surface area contributed by atoms with Crippen LogP contribution in [0.15, 0.2) is 48.5 Å². The van der Waals surface area contributed by atoms with Crippen molar-refractivity contribution >= 4 is 6.09 Å². The largest absolute Gasteiger partial charge is 0.497 e. The highest BCUT2D eigenvalue weighted by Crippen LogP contribution is 2.14. The van der Waals surface area contributed by atoms with Crippen molar-refractivity contribution in [2.75, 3.05) is 21.3 Å². The fourth-order valence-electron chi connectivity index (χ4n) is 2.14. The van der Waals surface area contributed by atoms with Crippen LogP contribution in [0, 0.1) is 0 Å². The zero-order valence-corrected chi connectivity index (χ0v) is 14.1. The van der Waals surface area contributed by atoms with Crippen LogP contribution in [0.25, 0.3) is 0 Å². The van der Waals surface area contributed by atoms with E-state index in [4.69, 9.17) is 14.2 Å². The number of amides is 1. The molecule has 1 N–H and O–H groups in total. The molecule has 0 heterocycles. The molecule has 0 spiro atoms. The number of hydrogen-bond acceptors (Lipinski definition) is 5. The smallest absolute Gasteiger partial charge is 0.424 e. The monoisotopic (exact) mass is 330 g/mol. The maximum Gasteiger partial charge on any atom is 0.424 e. The summed E-state index contributed by atoms with van der Waals surface area (Å²) in [7, 11) is 4.60. The highest BCUT2D eigenvalue weighted by Gasteiger charge is 2.14. The van der Waals surface area contributed by atoms with Crippen LogP contribution >= 0.6 is 0 Å². The van der Waals surface area contributed by atoms with Gasteiger partial charge in [-0.25, -0.2) is 15.2 Å². The average Bonchev–Trinajstić information content (AvgIpc) is 2.65. The number of rotatable bonds is 7. The number of hydrazine groups is 1. The van der Waals surface area contributed by atoms with Crippen molar-refractivity contribution in [1.82, 2.24) is 10.4 Å². The van der Waals surface area contributed by atoms with Crippen molar-refractivity contribution < 1.29 is 19.0 Å². The van der Waals surface area contributed by atoms with E-state index in [1.165, 1.54) is 12.1 Å². The Morgan fingerprint density at radius 3 is 1.83 bits per heavy atom. The Kier molecular flexibility index (Phi) is 6.45. The average molecular weight is 330 g/mol. The van der Waals surface area contributed by atoms with Gasteiger partial charge in [0.15, 0.2) is 0 Å². The summed E-state index contributed by atoms with van der Waals surface area (Å²) < 4.78 is 15.1. The number of ether oxygens (including phenoxy) is 3. The predicted molar refractivity (Wildman–Crippen MR) is 90.8 cm³/mol. The molecule has 24 heavy (non-hydrogen) atoms. The van der Waals surface area contributed by atoms with E-state index in [1.807, 2.05) is 48.5 Å². The molecule has 0 saturated heterocycles. The molecule has 0 bridgehead atoms. The molecule has 1 amide bonds. The molecule has 0 aliphatic heterocycles. The lowest BCUT2D eigenvalue weighted by Crippen LogP contribution is -2.41. The summed E-state index contributed by atoms with van der Waals surface area (Å²) >= 11 is 0. The van der Waals surface area contributed by atoms with Crippen LogP contribution in [0.5, 0.6) is 11.5 Å². The lowest BCUT2D eigenvalue weighted by Gasteiger charge is -2.22. The summed E-state index contributed by atoms with van der Waals surface area (Å²) in [5, 5.41) is 1.44. The highest BCUT2D eigenvalue weighted by molar-refractivity contribution is 5.66. The number of benzene rings is 2. The molecule has 0 radical (unpaired) electrons. The first kappa shape index (κ1) is 17.6. The fraction of sp³-hybridized carbons (Fsp3) is 0.278. The predicted octanol–water partition coefficient (Wildman–Crippen LogP) is 2.98. The minimum atomic E-state index is -0.445. The molecule has 0 aliphatic rings. The third-order valence-corrected chi connectivity index (χ3v) is 3.53. The maximum absolute atomic E-state index is 12.0. The molecule has 0 saturated carbocycles. The molecule has 128 valence electrons. The van der Waals surface area contributed by atoms with E-state index in [0.29, 0.717) is 13.1 Å². The number of hydrogen-bond donors (Lipinski definition) is 1. The van der Waals surface area contributed by atoms with E-state index in [1.54, 1.807) is 14.2 Å². The summed E-state index contributed by atoms with van der Waals surface area (Å²) in [6.45, 7) is 0.877. The van der Waals surface area contributed by atoms with E-state index < -0.39 is 6.09 Å². The van der Waals surface area contributed by atoms with Crippen molar-refractivity contribution in [3.8, 4) is 11.5 Å². The van der Waals surface area contributed by atoms with E-state index in [0.717, 1.165) is 22.6 Å². The molecule has 6 nitrogen and oxygen atoms in total. The van der Waals surface area contributed by atoms with Gasteiger partial charge in [-0.15, -0.1) is 0 Å². The van der Waals surface area contributed by atoms with Gasteiger partial charge in [0.1, 0.15) is 11.5 Å². The molecule has 0 fully saturated rings. The van der Waals surface area contributed by atoms with Crippen LogP contribution < -0.4 is 14.9 Å². The Bertz CT molecular complexity index is 641. The van der Waals surface area contributed by atoms with Crippen LogP contribution in [0.3, 0.4) is 0 Å². The normalized spacial score (nSPS) is 10.1. The first-order valence-electron chi connectivity index (χ1n) is 7.51. The van der Waals surface area contributed by atoms with Crippen molar-refractivity contribution in [3.05, 3.63) is 59.7 Å². The Morgan fingerprint density at radius 1 is 0.875 bits per heavy atom. The SMILES string of the molecule is COC(=O)N(Cc1ccc(OC)cc1)NCc1ccc(OC)cc1. The zero-order chi connectivity index (χ0) is 17.4. The van der Waals surface area contributed by atoms with Gasteiger partial charge in [0.05, 0.1) is 27.9 Å². The number of methoxy groups -OCH3 is 3. The summed E-state index contributed by atoms with van der Waals surface area (Å²) in [6.07, 6.45) is -0.445. The third kappa shape index (κ3) is 4.89. The van der Waals surface area contributed by atoms with E-state index in [-0.39, 0.29) is 0 Å². The zero-order valence-electron chi connectivity index (χ0n) is 14.1. The van der Waals surface area contributed by atoms with Crippen LogP contribution in [0.1, 0.15) is 11.1 Å². The summed E-state index contributed by atoms with van der Waals surface area (Å²) in [4.78, 5) is 12.0. The minimum absolute atomic E-state index is 0.382. The summed E-state index contributed by atoms with van der Waals surface area (Å²) in [5.74, 6) is 1.57. The molecule has 2 aromatic carbocycles. The quantitative estimate of drug-likeness (QED) is 0.791. The maximum atomic E-state index is 12.0. The lowest BCUT2D eigenvalue weighted by atomic mass is 10.2. The van der Waals surface area contributed by atoms with Crippen molar-refractivity contribution in [3.63, 3.8) is 0 Å². The van der Waals surface area contributed by atoms with Crippen LogP contribution in [0.2, 0.25) is 0 Å². The fourth-order valence-corrected chi connectivity index (χ4v) is 2.14. The standard InChI is InChI=1S/C18H22N2O4/c1-22-16-8-4-14(5-9-16)12-19-20(18(21)24-3)13-15-6-10-17(23-2)11-7-15/h4-11,19H,12-13H2,1-3H3. The first-order valence-corrected chi connectivity index (χ1v) is 7.51. The second-order valence-corrected chi connectivity index (χ2v) is 5.09. The third-order valence-electron chi connectivity index (χ3n) is 3.53. The van der Waals surface area contributed by atoms with Gasteiger partial charge in [-0.05, 0) is 35.4 Å². The van der Waals surface area contributed by atoms with Gasteiger partial charge in [0, 0.05) is 6.54 Å². The number of carbonyl (C=O) groups is 1. The second-order valence-electron chi connectivity index (χ2n) is 5.09. The van der Waals surface area contributed by atoms with Crippen molar-refractivity contribution in [1.29, 1.82) is 0 Å². The number of nitrogens with zero attached hydrogens (tertiary/aromatic N) is 1. The van der Waals surface area contributed by atoms with Gasteiger partial charge in [0.25, 0.3) is 0 Å². The Hall–Kier alpha value is -2.73. The number of nitrogens with one attached hydrogen (secondary N) is 1. The molecule has 6 heteroatoms. The molecule has 0 aliphatic carbocycles. The van der Waals surface area contributed by atoms with Gasteiger partial charge in [0.2, 0.25) is 0 Å². The van der Waals surface area contributed by atoms with Gasteiger partial charge >= 0.3 is 6.09 Å². The molecule has 2 rings (SSSR count). The van der Waals surface area contributed by atoms with E-state index in [2.05, 4.69) is 5.43 Å². The molecule has 0 unspecified atom stereocenters. The second kappa shape index (κ2) is 8.79. The topological polar surface area (TPSA) is 60.0 Å². The highest BCUT2D eigenvalue weighted by atomic mass is 16.5. The molecule has 0 aromatic heterocycles. The van der Waals surface area contributed by atoms with Crippen molar-refractivity contribution in [2.24, 2.45) is 0 Å². The Labute approximate surface area is 141 Å².